The van der Waals surface area contributed by atoms with E-state index in [1.54, 1.807) is 7.11 Å². The van der Waals surface area contributed by atoms with Gasteiger partial charge in [0, 0.05) is 31.5 Å². The van der Waals surface area contributed by atoms with Gasteiger partial charge in [0.05, 0.1) is 13.2 Å². The van der Waals surface area contributed by atoms with E-state index in [2.05, 4.69) is 16.8 Å². The lowest BCUT2D eigenvalue weighted by Crippen LogP contribution is -2.57. The Bertz CT molecular complexity index is 653. The first-order valence-corrected chi connectivity index (χ1v) is 9.76. The van der Waals surface area contributed by atoms with Gasteiger partial charge in [0.1, 0.15) is 11.9 Å². The van der Waals surface area contributed by atoms with E-state index in [-0.39, 0.29) is 29.8 Å². The minimum atomic E-state index is -0.209. The topological polar surface area (TPSA) is 59.1 Å². The van der Waals surface area contributed by atoms with Crippen molar-refractivity contribution in [3.05, 3.63) is 29.8 Å². The number of piperidine rings is 2. The molecule has 0 aliphatic carbocycles. The highest BCUT2D eigenvalue weighted by Gasteiger charge is 2.37. The van der Waals surface area contributed by atoms with Crippen LogP contribution in [0.2, 0.25) is 0 Å². The van der Waals surface area contributed by atoms with Crippen molar-refractivity contribution in [2.75, 3.05) is 40.3 Å². The highest BCUT2D eigenvalue weighted by atomic mass is 16.5. The van der Waals surface area contributed by atoms with Crippen LogP contribution < -0.4 is 4.74 Å². The third-order valence-electron chi connectivity index (χ3n) is 5.78. The first kappa shape index (κ1) is 19.8. The van der Waals surface area contributed by atoms with Gasteiger partial charge in [-0.2, -0.15) is 0 Å². The number of Topliss-reactive ketones (excluding diaryl/α,β-unsaturated/α-hetero) is 1. The number of carbonyl (C=O) groups is 2. The molecule has 2 fully saturated rings. The number of ether oxygens (including phenoxy) is 2. The number of carbonyl (C=O) groups excluding carboxylic acids is 2. The molecule has 0 saturated carbocycles. The van der Waals surface area contributed by atoms with Crippen molar-refractivity contribution in [1.29, 1.82) is 0 Å². The van der Waals surface area contributed by atoms with Gasteiger partial charge >= 0.3 is 5.97 Å². The Labute approximate surface area is 161 Å². The summed E-state index contributed by atoms with van der Waals surface area (Å²) in [6.07, 6.45) is 2.51. The van der Waals surface area contributed by atoms with Gasteiger partial charge in [-0.25, -0.2) is 0 Å². The number of likely N-dealkylation sites (tertiary alicyclic amines) is 2. The molecule has 6 nitrogen and oxygen atoms in total. The zero-order chi connectivity index (χ0) is 19.4. The molecular formula is C21H30N2O4. The summed E-state index contributed by atoms with van der Waals surface area (Å²) < 4.78 is 10.7. The Morgan fingerprint density at radius 2 is 1.70 bits per heavy atom. The molecule has 2 unspecified atom stereocenters. The van der Waals surface area contributed by atoms with Crippen molar-refractivity contribution in [2.45, 2.75) is 38.3 Å². The molecule has 0 spiro atoms. The number of hydrogen-bond donors (Lipinski definition) is 0. The molecular weight excluding hydrogens is 344 g/mol. The van der Waals surface area contributed by atoms with Gasteiger partial charge in [0.2, 0.25) is 0 Å². The number of methoxy groups -OCH3 is 1. The summed E-state index contributed by atoms with van der Waals surface area (Å²) in [7, 11) is 3.73. The molecule has 148 valence electrons. The maximum atomic E-state index is 12.8. The summed E-state index contributed by atoms with van der Waals surface area (Å²) in [6, 6.07) is 7.58. The zero-order valence-electron chi connectivity index (χ0n) is 16.5. The lowest BCUT2D eigenvalue weighted by Gasteiger charge is -2.44. The molecule has 0 bridgehead atoms. The van der Waals surface area contributed by atoms with Crippen LogP contribution in [0.3, 0.4) is 0 Å². The van der Waals surface area contributed by atoms with Crippen molar-refractivity contribution >= 4 is 11.8 Å². The number of nitrogens with zero attached hydrogens (tertiary/aromatic N) is 2. The Morgan fingerprint density at radius 3 is 2.30 bits per heavy atom. The Kier molecular flexibility index (Phi) is 6.50. The quantitative estimate of drug-likeness (QED) is 0.582. The molecule has 3 rings (SSSR count). The van der Waals surface area contributed by atoms with Gasteiger partial charge in [-0.1, -0.05) is 0 Å². The summed E-state index contributed by atoms with van der Waals surface area (Å²) in [5.74, 6) is 0.830. The Hall–Kier alpha value is -1.92. The van der Waals surface area contributed by atoms with Gasteiger partial charge in [-0.3, -0.25) is 14.5 Å². The van der Waals surface area contributed by atoms with E-state index in [1.807, 2.05) is 24.3 Å². The zero-order valence-corrected chi connectivity index (χ0v) is 16.5. The van der Waals surface area contributed by atoms with Crippen molar-refractivity contribution < 1.29 is 19.1 Å². The predicted octanol–water partition coefficient (Wildman–Crippen LogP) is 2.23. The third kappa shape index (κ3) is 4.87. The number of rotatable bonds is 5. The Balaban J connectivity index is 1.59. The van der Waals surface area contributed by atoms with Crippen LogP contribution in [0.25, 0.3) is 0 Å². The number of esters is 1. The molecule has 2 atom stereocenters. The first-order chi connectivity index (χ1) is 13.0. The molecule has 1 aromatic carbocycles. The lowest BCUT2D eigenvalue weighted by molar-refractivity contribution is -0.153. The van der Waals surface area contributed by atoms with Crippen molar-refractivity contribution in [3.63, 3.8) is 0 Å². The largest absolute Gasteiger partial charge is 0.497 e. The van der Waals surface area contributed by atoms with Crippen LogP contribution in [0.5, 0.6) is 5.75 Å². The molecule has 0 aromatic heterocycles. The smallest absolute Gasteiger partial charge is 0.302 e. The average Bonchev–Trinajstić information content (AvgIpc) is 2.69. The maximum Gasteiger partial charge on any atom is 0.302 e. The number of hydrogen-bond acceptors (Lipinski definition) is 6. The molecule has 0 amide bonds. The fourth-order valence-corrected chi connectivity index (χ4v) is 4.25. The number of likely N-dealkylation sites (N-methyl/N-ethyl adjacent to an activating group) is 1. The monoisotopic (exact) mass is 374 g/mol. The molecule has 2 saturated heterocycles. The van der Waals surface area contributed by atoms with E-state index in [0.29, 0.717) is 0 Å². The van der Waals surface area contributed by atoms with Crippen molar-refractivity contribution in [2.24, 2.45) is 5.92 Å². The summed E-state index contributed by atoms with van der Waals surface area (Å²) in [5.41, 5.74) is 0.754. The Morgan fingerprint density at radius 1 is 1.04 bits per heavy atom. The highest BCUT2D eigenvalue weighted by Crippen LogP contribution is 2.27. The predicted molar refractivity (Wildman–Crippen MR) is 103 cm³/mol. The van der Waals surface area contributed by atoms with Crippen LogP contribution in [0.15, 0.2) is 24.3 Å². The average molecular weight is 374 g/mol. The normalized spacial score (nSPS) is 25.1. The van der Waals surface area contributed by atoms with E-state index >= 15 is 0 Å². The first-order valence-electron chi connectivity index (χ1n) is 9.76. The van der Waals surface area contributed by atoms with E-state index in [4.69, 9.17) is 9.47 Å². The minimum Gasteiger partial charge on any atom is -0.497 e. The second kappa shape index (κ2) is 8.85. The molecule has 2 aliphatic heterocycles. The molecule has 2 aliphatic rings. The second-order valence-electron chi connectivity index (χ2n) is 7.67. The van der Waals surface area contributed by atoms with Crippen LogP contribution in [0.4, 0.5) is 0 Å². The molecule has 1 aromatic rings. The van der Waals surface area contributed by atoms with Crippen LogP contribution in [-0.4, -0.2) is 74.0 Å². The fourth-order valence-electron chi connectivity index (χ4n) is 4.25. The highest BCUT2D eigenvalue weighted by molar-refractivity contribution is 5.98. The van der Waals surface area contributed by atoms with Crippen LogP contribution in [-0.2, 0) is 9.53 Å². The van der Waals surface area contributed by atoms with Gasteiger partial charge in [0.15, 0.2) is 5.78 Å². The molecule has 0 radical (unpaired) electrons. The lowest BCUT2D eigenvalue weighted by atomic mass is 9.87. The van der Waals surface area contributed by atoms with Gasteiger partial charge < -0.3 is 14.4 Å². The summed E-state index contributed by atoms with van der Waals surface area (Å²) >= 11 is 0. The summed E-state index contributed by atoms with van der Waals surface area (Å²) in [5, 5.41) is 0. The van der Waals surface area contributed by atoms with Crippen LogP contribution in [0, 0.1) is 5.92 Å². The van der Waals surface area contributed by atoms with E-state index < -0.39 is 0 Å². The standard InChI is InChI=1S/C21H30N2O4/c1-15(24)27-20-10-11-22(2)14-19(20)23-12-8-17(9-13-23)21(25)16-4-6-18(26-3)7-5-16/h4-7,17,19-20H,8-14H2,1-3H3. The summed E-state index contributed by atoms with van der Waals surface area (Å²) in [4.78, 5) is 29.0. The second-order valence-corrected chi connectivity index (χ2v) is 7.67. The number of ketones is 1. The molecule has 0 N–H and O–H groups in total. The van der Waals surface area contributed by atoms with Crippen molar-refractivity contribution in [3.8, 4) is 5.75 Å². The minimum absolute atomic E-state index is 0.0486. The van der Waals surface area contributed by atoms with Crippen LogP contribution >= 0.6 is 0 Å². The van der Waals surface area contributed by atoms with Gasteiger partial charge in [-0.15, -0.1) is 0 Å². The van der Waals surface area contributed by atoms with E-state index in [1.165, 1.54) is 6.92 Å². The van der Waals surface area contributed by atoms with Crippen molar-refractivity contribution in [1.82, 2.24) is 9.80 Å². The van der Waals surface area contributed by atoms with E-state index in [0.717, 1.165) is 56.8 Å². The molecule has 27 heavy (non-hydrogen) atoms. The fraction of sp³-hybridized carbons (Fsp3) is 0.619. The SMILES string of the molecule is COc1ccc(C(=O)C2CCN(C3CN(C)CCC3OC(C)=O)CC2)cc1. The van der Waals surface area contributed by atoms with Crippen LogP contribution in [0.1, 0.15) is 36.5 Å². The van der Waals surface area contributed by atoms with Gasteiger partial charge in [-0.05, 0) is 63.7 Å². The van der Waals surface area contributed by atoms with E-state index in [9.17, 15) is 9.59 Å². The number of benzene rings is 1. The molecule has 2 heterocycles. The summed E-state index contributed by atoms with van der Waals surface area (Å²) in [6.45, 7) is 5.05. The molecule has 6 heteroatoms. The maximum absolute atomic E-state index is 12.8. The van der Waals surface area contributed by atoms with Gasteiger partial charge in [0.25, 0.3) is 0 Å². The third-order valence-corrected chi connectivity index (χ3v) is 5.78.